The normalized spacial score (nSPS) is 11.1. The van der Waals surface area contributed by atoms with Gasteiger partial charge in [-0.3, -0.25) is 4.79 Å². The number of aromatic amines is 1. The number of anilines is 1. The maximum absolute atomic E-state index is 14.8. The summed E-state index contributed by atoms with van der Waals surface area (Å²) in [5.74, 6) is -1.72. The van der Waals surface area contributed by atoms with Gasteiger partial charge in [-0.15, -0.1) is 11.8 Å². The Morgan fingerprint density at radius 1 is 1.35 bits per heavy atom. The van der Waals surface area contributed by atoms with E-state index >= 15 is 0 Å². The first-order chi connectivity index (χ1) is 12.6. The van der Waals surface area contributed by atoms with Crippen molar-refractivity contribution in [3.05, 3.63) is 53.4 Å². The van der Waals surface area contributed by atoms with Crippen molar-refractivity contribution in [3.8, 4) is 0 Å². The molecular weight excluding hydrogens is 376 g/mol. The maximum atomic E-state index is 14.8. The van der Waals surface area contributed by atoms with Crippen LogP contribution in [0.15, 0.2) is 35.5 Å². The Morgan fingerprint density at radius 3 is 2.88 bits per heavy atom. The van der Waals surface area contributed by atoms with Crippen molar-refractivity contribution in [1.82, 2.24) is 9.97 Å². The first-order valence-corrected chi connectivity index (χ1v) is 10.2. The molecule has 0 aliphatic heterocycles. The lowest BCUT2D eigenvalue weighted by molar-refractivity contribution is 0.103. The number of H-pyrrole nitrogens is 1. The van der Waals surface area contributed by atoms with Crippen LogP contribution in [0.5, 0.6) is 0 Å². The van der Waals surface area contributed by atoms with Crippen LogP contribution in [0.3, 0.4) is 0 Å². The van der Waals surface area contributed by atoms with E-state index in [-0.39, 0.29) is 11.3 Å². The number of carbonyl (C=O) groups excluding carboxylic acids is 1. The Hall–Kier alpha value is -2.06. The van der Waals surface area contributed by atoms with Crippen LogP contribution >= 0.6 is 23.7 Å². The number of rotatable bonds is 7. The number of fused-ring (bicyclic) bond motifs is 1. The molecule has 2 aromatic heterocycles. The second-order valence-corrected chi connectivity index (χ2v) is 7.32. The van der Waals surface area contributed by atoms with Crippen molar-refractivity contribution < 1.29 is 13.6 Å². The van der Waals surface area contributed by atoms with E-state index in [1.807, 2.05) is 13.2 Å². The van der Waals surface area contributed by atoms with Gasteiger partial charge in [-0.1, -0.05) is 18.9 Å². The summed E-state index contributed by atoms with van der Waals surface area (Å²) in [7, 11) is 0. The van der Waals surface area contributed by atoms with Crippen molar-refractivity contribution in [3.63, 3.8) is 0 Å². The Labute approximate surface area is 158 Å². The average molecular weight is 393 g/mol. The number of benzene rings is 1. The van der Waals surface area contributed by atoms with Crippen molar-refractivity contribution >= 4 is 46.2 Å². The standard InChI is InChI=1S/C18H17F2N3OS2/c1-3-6-26-23-14-5-4-13(19)15(16(14)20)17(24)12-9-22-18-11(12)7-10(25-2)8-21-18/h4-5,7-9,23H,3,6H2,1-2H3,(H,21,22). The molecule has 0 spiro atoms. The van der Waals surface area contributed by atoms with Crippen molar-refractivity contribution in [1.29, 1.82) is 0 Å². The van der Waals surface area contributed by atoms with Crippen LogP contribution in [0, 0.1) is 11.6 Å². The largest absolute Gasteiger partial charge is 0.345 e. The summed E-state index contributed by atoms with van der Waals surface area (Å²) in [4.78, 5) is 20.8. The molecule has 136 valence electrons. The Kier molecular flexibility index (Phi) is 5.83. The fraction of sp³-hybridized carbons (Fsp3) is 0.222. The molecule has 26 heavy (non-hydrogen) atoms. The molecule has 3 aromatic rings. The highest BCUT2D eigenvalue weighted by Crippen LogP contribution is 2.29. The number of hydrogen-bond acceptors (Lipinski definition) is 5. The second-order valence-electron chi connectivity index (χ2n) is 5.54. The minimum absolute atomic E-state index is 0.0935. The summed E-state index contributed by atoms with van der Waals surface area (Å²) in [6, 6.07) is 4.18. The van der Waals surface area contributed by atoms with Crippen LogP contribution in [-0.2, 0) is 0 Å². The number of carbonyl (C=O) groups is 1. The number of aromatic nitrogens is 2. The first kappa shape index (κ1) is 18.7. The summed E-state index contributed by atoms with van der Waals surface area (Å²) in [5.41, 5.74) is 0.220. The summed E-state index contributed by atoms with van der Waals surface area (Å²) in [6.45, 7) is 2.00. The number of hydrogen-bond donors (Lipinski definition) is 2. The SMILES string of the molecule is CCCSNc1ccc(F)c(C(=O)c2c[nH]c3ncc(SC)cc23)c1F. The molecule has 0 unspecified atom stereocenters. The molecule has 8 heteroatoms. The number of pyridine rings is 1. The predicted octanol–water partition coefficient (Wildman–Crippen LogP) is 5.26. The van der Waals surface area contributed by atoms with E-state index in [0.717, 1.165) is 23.1 Å². The average Bonchev–Trinajstić information content (AvgIpc) is 3.06. The van der Waals surface area contributed by atoms with E-state index < -0.39 is 23.0 Å². The van der Waals surface area contributed by atoms with Crippen LogP contribution in [0.2, 0.25) is 0 Å². The van der Waals surface area contributed by atoms with E-state index in [0.29, 0.717) is 11.0 Å². The molecule has 0 aliphatic rings. The second kappa shape index (κ2) is 8.09. The molecule has 0 radical (unpaired) electrons. The smallest absolute Gasteiger partial charge is 0.201 e. The quantitative estimate of drug-likeness (QED) is 0.248. The van der Waals surface area contributed by atoms with Crippen LogP contribution < -0.4 is 4.72 Å². The van der Waals surface area contributed by atoms with Crippen molar-refractivity contribution in [2.75, 3.05) is 16.7 Å². The zero-order valence-corrected chi connectivity index (χ0v) is 15.9. The molecule has 0 bridgehead atoms. The van der Waals surface area contributed by atoms with E-state index in [2.05, 4.69) is 14.7 Å². The van der Waals surface area contributed by atoms with Gasteiger partial charge < -0.3 is 9.71 Å². The molecule has 0 fully saturated rings. The molecule has 0 amide bonds. The molecule has 0 aliphatic carbocycles. The molecule has 0 atom stereocenters. The van der Waals surface area contributed by atoms with Gasteiger partial charge in [0.15, 0.2) is 5.82 Å². The van der Waals surface area contributed by atoms with E-state index in [9.17, 15) is 13.6 Å². The molecule has 2 heterocycles. The van der Waals surface area contributed by atoms with Gasteiger partial charge in [0.25, 0.3) is 0 Å². The molecular formula is C18H17F2N3OS2. The minimum Gasteiger partial charge on any atom is -0.345 e. The Morgan fingerprint density at radius 2 is 2.15 bits per heavy atom. The third kappa shape index (κ3) is 3.57. The number of nitrogens with one attached hydrogen (secondary N) is 2. The van der Waals surface area contributed by atoms with Crippen LogP contribution in [0.1, 0.15) is 29.3 Å². The van der Waals surface area contributed by atoms with E-state index in [1.54, 1.807) is 12.3 Å². The molecule has 0 saturated heterocycles. The van der Waals surface area contributed by atoms with Gasteiger partial charge in [0.2, 0.25) is 5.78 Å². The molecule has 2 N–H and O–H groups in total. The summed E-state index contributed by atoms with van der Waals surface area (Å²) >= 11 is 2.78. The zero-order valence-electron chi connectivity index (χ0n) is 14.2. The van der Waals surface area contributed by atoms with Crippen LogP contribution in [0.4, 0.5) is 14.5 Å². The van der Waals surface area contributed by atoms with Gasteiger partial charge in [0.05, 0.1) is 11.3 Å². The molecule has 4 nitrogen and oxygen atoms in total. The number of halogens is 2. The van der Waals surface area contributed by atoms with Gasteiger partial charge in [-0.05, 0) is 30.9 Å². The number of ketones is 1. The van der Waals surface area contributed by atoms with Gasteiger partial charge in [-0.25, -0.2) is 13.8 Å². The number of thioether (sulfide) groups is 1. The lowest BCUT2D eigenvalue weighted by atomic mass is 10.0. The summed E-state index contributed by atoms with van der Waals surface area (Å²) in [6.07, 6.45) is 5.91. The van der Waals surface area contributed by atoms with Gasteiger partial charge >= 0.3 is 0 Å². The Bertz CT molecular complexity index is 959. The lowest BCUT2D eigenvalue weighted by Gasteiger charge is -2.10. The van der Waals surface area contributed by atoms with Crippen molar-refractivity contribution in [2.45, 2.75) is 18.2 Å². The van der Waals surface area contributed by atoms with Gasteiger partial charge in [0.1, 0.15) is 11.5 Å². The summed E-state index contributed by atoms with van der Waals surface area (Å²) < 4.78 is 31.9. The highest BCUT2D eigenvalue weighted by atomic mass is 32.2. The van der Waals surface area contributed by atoms with Crippen LogP contribution in [-0.4, -0.2) is 27.8 Å². The third-order valence-corrected chi connectivity index (χ3v) is 5.46. The minimum atomic E-state index is -0.887. The third-order valence-electron chi connectivity index (χ3n) is 3.79. The van der Waals surface area contributed by atoms with E-state index in [1.165, 1.54) is 36.0 Å². The highest BCUT2D eigenvalue weighted by Gasteiger charge is 2.24. The molecule has 3 rings (SSSR count). The fourth-order valence-electron chi connectivity index (χ4n) is 2.49. The topological polar surface area (TPSA) is 57.8 Å². The summed E-state index contributed by atoms with van der Waals surface area (Å²) in [5, 5.41) is 0.541. The maximum Gasteiger partial charge on any atom is 0.201 e. The first-order valence-electron chi connectivity index (χ1n) is 7.98. The number of nitrogens with zero attached hydrogens (tertiary/aromatic N) is 1. The Balaban J connectivity index is 2.03. The predicted molar refractivity (Wildman–Crippen MR) is 104 cm³/mol. The highest BCUT2D eigenvalue weighted by molar-refractivity contribution is 8.00. The zero-order chi connectivity index (χ0) is 18.7. The molecule has 0 saturated carbocycles. The van der Waals surface area contributed by atoms with E-state index in [4.69, 9.17) is 0 Å². The fourth-order valence-corrected chi connectivity index (χ4v) is 3.50. The van der Waals surface area contributed by atoms with Gasteiger partial charge in [0, 0.05) is 34.0 Å². The van der Waals surface area contributed by atoms with Gasteiger partial charge in [-0.2, -0.15) is 0 Å². The van der Waals surface area contributed by atoms with Crippen LogP contribution in [0.25, 0.3) is 11.0 Å². The molecule has 1 aromatic carbocycles. The van der Waals surface area contributed by atoms with Crippen molar-refractivity contribution in [2.24, 2.45) is 0 Å². The lowest BCUT2D eigenvalue weighted by Crippen LogP contribution is -2.09. The monoisotopic (exact) mass is 393 g/mol.